The number of thioether (sulfide) groups is 1. The maximum absolute atomic E-state index is 3.32. The summed E-state index contributed by atoms with van der Waals surface area (Å²) in [6.45, 7) is 6.35. The summed E-state index contributed by atoms with van der Waals surface area (Å²) >= 11 is 5.39. The molecule has 142 valence electrons. The van der Waals surface area contributed by atoms with Crippen LogP contribution in [0.25, 0.3) is 0 Å². The lowest BCUT2D eigenvalue weighted by Gasteiger charge is -2.03. The van der Waals surface area contributed by atoms with Crippen LogP contribution in [0.1, 0.15) is 6.92 Å². The van der Waals surface area contributed by atoms with Crippen molar-refractivity contribution in [2.75, 3.05) is 67.5 Å². The third kappa shape index (κ3) is 32.4. The molecule has 4 N–H and O–H groups in total. The van der Waals surface area contributed by atoms with E-state index in [-0.39, 0.29) is 0 Å². The van der Waals surface area contributed by atoms with Gasteiger partial charge in [0.2, 0.25) is 0 Å². The first-order valence-corrected chi connectivity index (χ1v) is 16.1. The molecule has 0 saturated carbocycles. The van der Waals surface area contributed by atoms with Gasteiger partial charge in [-0.2, -0.15) is 11.8 Å². The Morgan fingerprint density at radius 2 is 1.22 bits per heavy atom. The smallest absolute Gasteiger partial charge is 0.0534 e. The van der Waals surface area contributed by atoms with Crippen molar-refractivity contribution in [1.82, 2.24) is 20.1 Å². The zero-order valence-corrected chi connectivity index (χ0v) is 20.2. The van der Waals surface area contributed by atoms with E-state index in [1.807, 2.05) is 33.3 Å². The molecule has 0 aromatic heterocycles. The first-order valence-electron chi connectivity index (χ1n) is 7.24. The molecule has 0 fully saturated rings. The Morgan fingerprint density at radius 1 is 0.696 bits per heavy atom. The van der Waals surface area contributed by atoms with Gasteiger partial charge in [0.15, 0.2) is 0 Å². The Labute approximate surface area is 172 Å². The Hall–Kier alpha value is 2.29. The number of hydrogen-bond acceptors (Lipinski definition) is 11. The second-order valence-electron chi connectivity index (χ2n) is 3.63. The Balaban J connectivity index is 0. The van der Waals surface area contributed by atoms with Gasteiger partial charge in [0, 0.05) is 31.9 Å². The molecule has 0 atom stereocenters. The van der Waals surface area contributed by atoms with Gasteiger partial charge in [-0.1, -0.05) is 74.0 Å². The molecule has 0 aliphatic heterocycles. The summed E-state index contributed by atoms with van der Waals surface area (Å²) in [5, 5.41) is 7.76. The number of rotatable bonds is 17. The van der Waals surface area contributed by atoms with Crippen LogP contribution < -0.4 is 20.1 Å². The minimum atomic E-state index is 1.04. The van der Waals surface area contributed by atoms with Gasteiger partial charge in [-0.05, 0) is 18.8 Å². The highest BCUT2D eigenvalue weighted by molar-refractivity contribution is 8.76. The molecule has 0 unspecified atom stereocenters. The van der Waals surface area contributed by atoms with Crippen molar-refractivity contribution in [3.63, 3.8) is 0 Å². The van der Waals surface area contributed by atoms with Crippen LogP contribution in [-0.4, -0.2) is 67.5 Å². The van der Waals surface area contributed by atoms with Crippen molar-refractivity contribution in [3.8, 4) is 0 Å². The summed E-state index contributed by atoms with van der Waals surface area (Å²) < 4.78 is 6.53. The quantitative estimate of drug-likeness (QED) is 0.111. The van der Waals surface area contributed by atoms with Crippen LogP contribution in [0.2, 0.25) is 0 Å². The van der Waals surface area contributed by atoms with Crippen molar-refractivity contribution in [1.29, 1.82) is 0 Å². The van der Waals surface area contributed by atoms with Gasteiger partial charge >= 0.3 is 0 Å². The number of hydrogen-bond donors (Lipinski definition) is 4. The van der Waals surface area contributed by atoms with Crippen molar-refractivity contribution >= 4 is 78.8 Å². The zero-order valence-electron chi connectivity index (χ0n) is 14.5. The molecule has 11 heteroatoms. The SMILES string of the molecule is CCSNCCNCSSC.CSCSNCCNCSSC. The monoisotopic (exact) mass is 456 g/mol. The molecule has 0 aliphatic rings. The molecule has 0 heterocycles. The van der Waals surface area contributed by atoms with E-state index in [1.54, 1.807) is 45.5 Å². The molecule has 0 saturated heterocycles. The molecule has 0 aliphatic carbocycles. The fourth-order valence-electron chi connectivity index (χ4n) is 0.971. The predicted molar refractivity (Wildman–Crippen MR) is 128 cm³/mol. The van der Waals surface area contributed by atoms with Gasteiger partial charge < -0.3 is 10.6 Å². The summed E-state index contributed by atoms with van der Waals surface area (Å²) in [5.41, 5.74) is 0. The second-order valence-corrected chi connectivity index (χ2v) is 12.0. The van der Waals surface area contributed by atoms with Gasteiger partial charge in [0.05, 0.1) is 16.8 Å². The molecule has 0 aromatic carbocycles. The van der Waals surface area contributed by atoms with E-state index in [9.17, 15) is 0 Å². The predicted octanol–water partition coefficient (Wildman–Crippen LogP) is 3.91. The highest BCUT2D eigenvalue weighted by Gasteiger charge is 1.88. The highest BCUT2D eigenvalue weighted by Crippen LogP contribution is 2.14. The maximum atomic E-state index is 3.32. The van der Waals surface area contributed by atoms with Gasteiger partial charge in [0.25, 0.3) is 0 Å². The Morgan fingerprint density at radius 3 is 1.65 bits per heavy atom. The standard InChI is InChI=1S/C6H16N2S4.C6H16N2S3/c1-9-6-11-8-4-3-7-5-12-10-2;1-3-10-8-5-4-7-6-11-9-2/h7-8H,3-6H2,1-2H3;7-8H,3-6H2,1-2H3. The van der Waals surface area contributed by atoms with Crippen LogP contribution in [0.4, 0.5) is 0 Å². The lowest BCUT2D eigenvalue weighted by molar-refractivity contribution is 0.762. The molecule has 0 amide bonds. The minimum absolute atomic E-state index is 1.04. The fraction of sp³-hybridized carbons (Fsp3) is 1.00. The minimum Gasteiger partial charge on any atom is -0.306 e. The van der Waals surface area contributed by atoms with Crippen LogP contribution in [0, 0.1) is 0 Å². The van der Waals surface area contributed by atoms with E-state index < -0.39 is 0 Å². The van der Waals surface area contributed by atoms with Crippen molar-refractivity contribution in [2.24, 2.45) is 0 Å². The lowest BCUT2D eigenvalue weighted by Crippen LogP contribution is -2.23. The normalized spacial score (nSPS) is 10.4. The summed E-state index contributed by atoms with van der Waals surface area (Å²) in [5.74, 6) is 3.22. The first-order chi connectivity index (χ1) is 11.3. The second kappa shape index (κ2) is 29.1. The van der Waals surface area contributed by atoms with Crippen LogP contribution in [-0.2, 0) is 0 Å². The summed E-state index contributed by atoms with van der Waals surface area (Å²) in [6, 6.07) is 0. The molecular formula is C12H32N4S7. The van der Waals surface area contributed by atoms with E-state index in [1.165, 1.54) is 0 Å². The Bertz CT molecular complexity index is 177. The van der Waals surface area contributed by atoms with E-state index in [0.717, 1.165) is 48.8 Å². The zero-order chi connectivity index (χ0) is 17.4. The van der Waals surface area contributed by atoms with Gasteiger partial charge in [-0.15, -0.1) is 0 Å². The molecule has 0 radical (unpaired) electrons. The Kier molecular flexibility index (Phi) is 34.8. The van der Waals surface area contributed by atoms with Crippen molar-refractivity contribution < 1.29 is 0 Å². The summed E-state index contributed by atoms with van der Waals surface area (Å²) in [6.07, 6.45) is 6.30. The van der Waals surface area contributed by atoms with E-state index in [0.29, 0.717) is 0 Å². The molecular weight excluding hydrogens is 425 g/mol. The largest absolute Gasteiger partial charge is 0.306 e. The van der Waals surface area contributed by atoms with E-state index >= 15 is 0 Å². The molecule has 4 nitrogen and oxygen atoms in total. The lowest BCUT2D eigenvalue weighted by atomic mass is 10.7. The van der Waals surface area contributed by atoms with Crippen LogP contribution in [0.3, 0.4) is 0 Å². The van der Waals surface area contributed by atoms with Crippen molar-refractivity contribution in [2.45, 2.75) is 6.92 Å². The van der Waals surface area contributed by atoms with E-state index in [2.05, 4.69) is 45.8 Å². The van der Waals surface area contributed by atoms with Gasteiger partial charge in [0.1, 0.15) is 0 Å². The van der Waals surface area contributed by atoms with E-state index in [4.69, 9.17) is 0 Å². The molecule has 0 aromatic rings. The average molecular weight is 457 g/mol. The molecule has 0 rings (SSSR count). The summed E-state index contributed by atoms with van der Waals surface area (Å²) in [4.78, 5) is 0. The average Bonchev–Trinajstić information content (AvgIpc) is 2.57. The third-order valence-corrected chi connectivity index (χ3v) is 7.65. The van der Waals surface area contributed by atoms with Crippen molar-refractivity contribution in [3.05, 3.63) is 0 Å². The van der Waals surface area contributed by atoms with Crippen LogP contribution >= 0.6 is 78.8 Å². The molecule has 0 bridgehead atoms. The summed E-state index contributed by atoms with van der Waals surface area (Å²) in [7, 11) is 7.28. The highest BCUT2D eigenvalue weighted by atomic mass is 33.1. The fourth-order valence-corrected chi connectivity index (χ4v) is 4.37. The topological polar surface area (TPSA) is 48.1 Å². The molecule has 23 heavy (non-hydrogen) atoms. The first kappa shape index (κ1) is 27.5. The van der Waals surface area contributed by atoms with Gasteiger partial charge in [-0.25, -0.2) is 0 Å². The molecule has 0 spiro atoms. The van der Waals surface area contributed by atoms with Gasteiger partial charge in [-0.3, -0.25) is 9.44 Å². The van der Waals surface area contributed by atoms with Crippen LogP contribution in [0.5, 0.6) is 0 Å². The van der Waals surface area contributed by atoms with Crippen LogP contribution in [0.15, 0.2) is 0 Å². The maximum Gasteiger partial charge on any atom is 0.0534 e. The third-order valence-electron chi connectivity index (χ3n) is 1.89. The number of nitrogens with one attached hydrogen (secondary N) is 4.